The third kappa shape index (κ3) is 12.1. The van der Waals surface area contributed by atoms with Crippen molar-refractivity contribution in [1.82, 2.24) is 4.90 Å². The summed E-state index contributed by atoms with van der Waals surface area (Å²) in [5.41, 5.74) is 0.331. The number of nitrogens with zero attached hydrogens (tertiary/aromatic N) is 2. The Bertz CT molecular complexity index is 1190. The Morgan fingerprint density at radius 1 is 0.930 bits per heavy atom. The van der Waals surface area contributed by atoms with E-state index in [-0.39, 0.29) is 14.8 Å². The molecule has 1 aromatic rings. The average Bonchev–Trinajstić information content (AvgIpc) is 3.45. The minimum atomic E-state index is -4.04. The lowest BCUT2D eigenvalue weighted by Crippen LogP contribution is -2.40. The number of amides is 1. The highest BCUT2D eigenvalue weighted by molar-refractivity contribution is 7.96. The highest BCUT2D eigenvalue weighted by atomic mass is 32.3. The van der Waals surface area contributed by atoms with E-state index in [1.54, 1.807) is 13.8 Å². The maximum Gasteiger partial charge on any atom is 0.409 e. The van der Waals surface area contributed by atoms with Gasteiger partial charge in [-0.2, -0.15) is 12.8 Å². The van der Waals surface area contributed by atoms with Gasteiger partial charge in [-0.05, 0) is 39.2 Å². The summed E-state index contributed by atoms with van der Waals surface area (Å²) in [7, 11) is -6.47. The fourth-order valence-corrected chi connectivity index (χ4v) is 10.6. The van der Waals surface area contributed by atoms with Crippen molar-refractivity contribution >= 4 is 43.5 Å². The number of fused-ring (bicyclic) bond motifs is 1. The second kappa shape index (κ2) is 19.8. The molecule has 0 spiro atoms. The lowest BCUT2D eigenvalue weighted by atomic mass is 10.0. The zero-order valence-electron chi connectivity index (χ0n) is 27.0. The molecule has 11 heteroatoms. The van der Waals surface area contributed by atoms with Gasteiger partial charge in [0.1, 0.15) is 8.42 Å². The van der Waals surface area contributed by atoms with Crippen LogP contribution in [-0.4, -0.2) is 52.9 Å². The van der Waals surface area contributed by atoms with Crippen molar-refractivity contribution in [1.29, 1.82) is 0 Å². The number of carbonyl (C=O) groups excluding carboxylic acids is 1. The molecule has 43 heavy (non-hydrogen) atoms. The van der Waals surface area contributed by atoms with Gasteiger partial charge < -0.3 is 9.64 Å². The standard InChI is InChI=1S/C32H56N2O6S3/c1-5-7-8-9-10-11-12-13-14-15-16-17-18-19-20-21-22-23-24-33-43(38,39)30-26-28-29(34(6-2)32(35)40-4)25-27(3)42(36,37)31(28)41-30/h24,26-27,29H,5-23,25H2,1-4H3/b33-24+/t27-,29-/m0/s1. The van der Waals surface area contributed by atoms with Crippen molar-refractivity contribution in [2.75, 3.05) is 13.7 Å². The second-order valence-corrected chi connectivity index (χ2v) is 17.4. The molecular weight excluding hydrogens is 605 g/mol. The van der Waals surface area contributed by atoms with E-state index in [2.05, 4.69) is 11.3 Å². The zero-order chi connectivity index (χ0) is 31.7. The first-order valence-electron chi connectivity index (χ1n) is 16.6. The van der Waals surface area contributed by atoms with Crippen LogP contribution < -0.4 is 0 Å². The molecule has 0 fully saturated rings. The Labute approximate surface area is 266 Å². The van der Waals surface area contributed by atoms with Gasteiger partial charge >= 0.3 is 6.09 Å². The van der Waals surface area contributed by atoms with E-state index in [0.29, 0.717) is 18.5 Å². The fourth-order valence-electron chi connectivity index (χ4n) is 5.75. The number of sulfone groups is 1. The summed E-state index contributed by atoms with van der Waals surface area (Å²) in [6.07, 6.45) is 23.5. The van der Waals surface area contributed by atoms with Gasteiger partial charge in [-0.1, -0.05) is 110 Å². The number of sulfonamides is 1. The average molecular weight is 661 g/mol. The van der Waals surface area contributed by atoms with Crippen molar-refractivity contribution in [3.63, 3.8) is 0 Å². The first-order chi connectivity index (χ1) is 20.6. The zero-order valence-corrected chi connectivity index (χ0v) is 29.5. The van der Waals surface area contributed by atoms with Crippen LogP contribution in [0.25, 0.3) is 0 Å². The van der Waals surface area contributed by atoms with Gasteiger partial charge in [0.15, 0.2) is 9.84 Å². The number of hydrogen-bond donors (Lipinski definition) is 0. The summed E-state index contributed by atoms with van der Waals surface area (Å²) in [4.78, 5) is 13.8. The van der Waals surface area contributed by atoms with Crippen LogP contribution in [-0.2, 0) is 24.6 Å². The maximum absolute atomic E-state index is 13.0. The summed E-state index contributed by atoms with van der Waals surface area (Å²) >= 11 is 0.726. The molecule has 0 radical (unpaired) electrons. The normalized spacial score (nSPS) is 18.1. The molecule has 1 aliphatic heterocycles. The molecule has 248 valence electrons. The van der Waals surface area contributed by atoms with E-state index >= 15 is 0 Å². The fraction of sp³-hybridized carbons (Fsp3) is 0.812. The first kappa shape index (κ1) is 37.7. The smallest absolute Gasteiger partial charge is 0.409 e. The van der Waals surface area contributed by atoms with Crippen LogP contribution in [0.2, 0.25) is 0 Å². The number of unbranched alkanes of at least 4 members (excludes halogenated alkanes) is 17. The van der Waals surface area contributed by atoms with Gasteiger partial charge in [0.2, 0.25) is 0 Å². The molecule has 0 aliphatic carbocycles. The first-order valence-corrected chi connectivity index (χ1v) is 20.4. The van der Waals surface area contributed by atoms with Crippen LogP contribution in [0.1, 0.15) is 154 Å². The summed E-state index contributed by atoms with van der Waals surface area (Å²) < 4.78 is 60.6. The monoisotopic (exact) mass is 660 g/mol. The van der Waals surface area contributed by atoms with E-state index in [4.69, 9.17) is 4.74 Å². The topological polar surface area (TPSA) is 110 Å². The van der Waals surface area contributed by atoms with Crippen LogP contribution in [0.4, 0.5) is 4.79 Å². The van der Waals surface area contributed by atoms with Gasteiger partial charge in [-0.25, -0.2) is 13.2 Å². The van der Waals surface area contributed by atoms with Gasteiger partial charge in [0.25, 0.3) is 10.0 Å². The molecule has 1 aliphatic rings. The molecule has 0 saturated carbocycles. The summed E-state index contributed by atoms with van der Waals surface area (Å²) in [5, 5.41) is -0.749. The Balaban J connectivity index is 1.70. The number of methoxy groups -OCH3 is 1. The van der Waals surface area contributed by atoms with E-state index < -0.39 is 37.2 Å². The van der Waals surface area contributed by atoms with Crippen LogP contribution in [0.15, 0.2) is 18.9 Å². The van der Waals surface area contributed by atoms with Crippen molar-refractivity contribution in [3.8, 4) is 0 Å². The molecule has 0 unspecified atom stereocenters. The summed E-state index contributed by atoms with van der Waals surface area (Å²) in [6, 6.07) is 0.798. The summed E-state index contributed by atoms with van der Waals surface area (Å²) in [5.74, 6) is 0. The van der Waals surface area contributed by atoms with Crippen LogP contribution in [0.3, 0.4) is 0 Å². The molecule has 8 nitrogen and oxygen atoms in total. The van der Waals surface area contributed by atoms with Crippen molar-refractivity contribution in [3.05, 3.63) is 11.6 Å². The SMILES string of the molecule is CCCCCCCCCCCCCCCCCCC/C=N/S(=O)(=O)c1cc2c(s1)S(=O)(=O)[C@@H](C)C[C@@H]2N(CC)C(=O)OC. The van der Waals surface area contributed by atoms with Gasteiger partial charge in [0, 0.05) is 18.3 Å². The van der Waals surface area contributed by atoms with Gasteiger partial charge in [0.05, 0.1) is 18.4 Å². The van der Waals surface area contributed by atoms with Gasteiger partial charge in [-0.3, -0.25) is 0 Å². The van der Waals surface area contributed by atoms with Gasteiger partial charge in [-0.15, -0.1) is 11.3 Å². The number of rotatable bonds is 22. The van der Waals surface area contributed by atoms with E-state index in [1.807, 2.05) is 0 Å². The van der Waals surface area contributed by atoms with Crippen molar-refractivity contribution in [2.24, 2.45) is 4.40 Å². The minimum Gasteiger partial charge on any atom is -0.453 e. The molecule has 0 aromatic carbocycles. The number of thiophene rings is 1. The second-order valence-electron chi connectivity index (χ2n) is 11.9. The Morgan fingerprint density at radius 3 is 1.88 bits per heavy atom. The molecule has 2 rings (SSSR count). The molecule has 2 heterocycles. The highest BCUT2D eigenvalue weighted by Gasteiger charge is 2.43. The number of carbonyl (C=O) groups is 1. The Kier molecular flexibility index (Phi) is 17.4. The highest BCUT2D eigenvalue weighted by Crippen LogP contribution is 2.45. The maximum atomic E-state index is 13.0. The molecule has 1 aromatic heterocycles. The molecule has 1 amide bonds. The van der Waals surface area contributed by atoms with E-state index in [0.717, 1.165) is 30.6 Å². The predicted molar refractivity (Wildman–Crippen MR) is 178 cm³/mol. The number of ether oxygens (including phenoxy) is 1. The molecule has 0 bridgehead atoms. The minimum absolute atomic E-state index is 0.000504. The third-order valence-electron chi connectivity index (χ3n) is 8.44. The third-order valence-corrected chi connectivity index (χ3v) is 14.1. The molecule has 2 atom stereocenters. The number of hydrogen-bond acceptors (Lipinski definition) is 7. The van der Waals surface area contributed by atoms with Crippen molar-refractivity contribution < 1.29 is 26.4 Å². The largest absolute Gasteiger partial charge is 0.453 e. The molecule has 0 N–H and O–H groups in total. The van der Waals surface area contributed by atoms with Crippen LogP contribution in [0, 0.1) is 0 Å². The Hall–Kier alpha value is -1.46. The Morgan fingerprint density at radius 2 is 1.42 bits per heavy atom. The van der Waals surface area contributed by atoms with E-state index in [1.165, 1.54) is 114 Å². The van der Waals surface area contributed by atoms with Crippen molar-refractivity contribution in [2.45, 2.75) is 162 Å². The molecular formula is C32H56N2O6S3. The lowest BCUT2D eigenvalue weighted by molar-refractivity contribution is 0.104. The van der Waals surface area contributed by atoms with Crippen LogP contribution >= 0.6 is 11.3 Å². The predicted octanol–water partition coefficient (Wildman–Crippen LogP) is 9.24. The quantitative estimate of drug-likeness (QED) is 0.0906. The molecule has 0 saturated heterocycles. The summed E-state index contributed by atoms with van der Waals surface area (Å²) in [6.45, 7) is 5.93. The van der Waals surface area contributed by atoms with E-state index in [9.17, 15) is 21.6 Å². The van der Waals surface area contributed by atoms with Crippen LogP contribution in [0.5, 0.6) is 0 Å². The lowest BCUT2D eigenvalue weighted by Gasteiger charge is -2.34.